The second kappa shape index (κ2) is 5.49. The van der Waals surface area contributed by atoms with Crippen LogP contribution in [0.1, 0.15) is 33.6 Å². The first-order valence-electron chi connectivity index (χ1n) is 5.95. The summed E-state index contributed by atoms with van der Waals surface area (Å²) in [6.07, 6.45) is 1.13. The molecule has 0 aromatic heterocycles. The predicted octanol–water partition coefficient (Wildman–Crippen LogP) is 1.19. The molecule has 0 aromatic rings. The largest absolute Gasteiger partial charge is 0.444 e. The van der Waals surface area contributed by atoms with Crippen molar-refractivity contribution < 1.29 is 19.4 Å². The van der Waals surface area contributed by atoms with Crippen LogP contribution in [0.5, 0.6) is 0 Å². The minimum absolute atomic E-state index is 0.196. The average Bonchev–Trinajstić information content (AvgIpc) is 2.26. The lowest BCUT2D eigenvalue weighted by Gasteiger charge is -2.33. The van der Waals surface area contributed by atoms with E-state index in [1.165, 1.54) is 0 Å². The maximum Gasteiger partial charge on any atom is 0.410 e. The predicted molar refractivity (Wildman–Crippen MR) is 62.6 cm³/mol. The van der Waals surface area contributed by atoms with Crippen molar-refractivity contribution in [1.82, 2.24) is 4.90 Å². The van der Waals surface area contributed by atoms with Gasteiger partial charge in [-0.3, -0.25) is 4.79 Å². The summed E-state index contributed by atoms with van der Waals surface area (Å²) in [5.74, 6) is -0.445. The lowest BCUT2D eigenvalue weighted by atomic mass is 9.94. The molecule has 1 aliphatic heterocycles. The number of amides is 1. The SMILES string of the molecule is CC(C)(C)OC(=O)N1CCCC(C(=O)CO)C1. The van der Waals surface area contributed by atoms with Gasteiger partial charge in [0.2, 0.25) is 0 Å². The highest BCUT2D eigenvalue weighted by Gasteiger charge is 2.30. The fourth-order valence-corrected chi connectivity index (χ4v) is 1.86. The normalized spacial score (nSPS) is 21.2. The Morgan fingerprint density at radius 2 is 2.06 bits per heavy atom. The molecule has 1 unspecified atom stereocenters. The number of ether oxygens (including phenoxy) is 1. The van der Waals surface area contributed by atoms with Crippen LogP contribution in [-0.4, -0.2) is 47.2 Å². The van der Waals surface area contributed by atoms with Crippen LogP contribution in [0.4, 0.5) is 4.79 Å². The van der Waals surface area contributed by atoms with Gasteiger partial charge in [-0.05, 0) is 33.6 Å². The number of aliphatic hydroxyl groups is 1. The van der Waals surface area contributed by atoms with Gasteiger partial charge >= 0.3 is 6.09 Å². The van der Waals surface area contributed by atoms with Crippen LogP contribution in [0.15, 0.2) is 0 Å². The fraction of sp³-hybridized carbons (Fsp3) is 0.833. The summed E-state index contributed by atoms with van der Waals surface area (Å²) >= 11 is 0. The van der Waals surface area contributed by atoms with Gasteiger partial charge in [-0.1, -0.05) is 0 Å². The zero-order valence-corrected chi connectivity index (χ0v) is 10.7. The highest BCUT2D eigenvalue weighted by Crippen LogP contribution is 2.19. The molecular weight excluding hydrogens is 222 g/mol. The zero-order chi connectivity index (χ0) is 13.1. The summed E-state index contributed by atoms with van der Waals surface area (Å²) in [5, 5.41) is 8.81. The molecule has 0 bridgehead atoms. The molecule has 5 heteroatoms. The lowest BCUT2D eigenvalue weighted by molar-refractivity contribution is -0.127. The van der Waals surface area contributed by atoms with E-state index < -0.39 is 12.2 Å². The number of ketones is 1. The molecule has 0 aromatic carbocycles. The smallest absolute Gasteiger partial charge is 0.410 e. The average molecular weight is 243 g/mol. The molecule has 17 heavy (non-hydrogen) atoms. The van der Waals surface area contributed by atoms with Crippen molar-refractivity contribution in [1.29, 1.82) is 0 Å². The fourth-order valence-electron chi connectivity index (χ4n) is 1.86. The maximum atomic E-state index is 11.8. The highest BCUT2D eigenvalue weighted by molar-refractivity contribution is 5.83. The van der Waals surface area contributed by atoms with Crippen LogP contribution in [0.25, 0.3) is 0 Å². The standard InChI is InChI=1S/C12H21NO4/c1-12(2,3)17-11(16)13-6-4-5-9(7-13)10(15)8-14/h9,14H,4-8H2,1-3H3. The second-order valence-electron chi connectivity index (χ2n) is 5.39. The molecule has 1 saturated heterocycles. The number of carbonyl (C=O) groups excluding carboxylic acids is 2. The van der Waals surface area contributed by atoms with Gasteiger partial charge in [-0.2, -0.15) is 0 Å². The van der Waals surface area contributed by atoms with Crippen LogP contribution in [0.2, 0.25) is 0 Å². The zero-order valence-electron chi connectivity index (χ0n) is 10.7. The number of hydrogen-bond acceptors (Lipinski definition) is 4. The quantitative estimate of drug-likeness (QED) is 0.791. The Bertz CT molecular complexity index is 295. The maximum absolute atomic E-state index is 11.8. The Hall–Kier alpha value is -1.10. The van der Waals surface area contributed by atoms with Gasteiger partial charge in [-0.15, -0.1) is 0 Å². The van der Waals surface area contributed by atoms with E-state index >= 15 is 0 Å². The number of aliphatic hydroxyl groups excluding tert-OH is 1. The van der Waals surface area contributed by atoms with Crippen molar-refractivity contribution in [3.63, 3.8) is 0 Å². The number of carbonyl (C=O) groups is 2. The summed E-state index contributed by atoms with van der Waals surface area (Å²) in [5.41, 5.74) is -0.523. The number of nitrogens with zero attached hydrogens (tertiary/aromatic N) is 1. The van der Waals surface area contributed by atoms with Gasteiger partial charge < -0.3 is 14.7 Å². The molecular formula is C12H21NO4. The van der Waals surface area contributed by atoms with Gasteiger partial charge in [0.1, 0.15) is 12.2 Å². The van der Waals surface area contributed by atoms with Crippen molar-refractivity contribution in [2.75, 3.05) is 19.7 Å². The third kappa shape index (κ3) is 4.34. The van der Waals surface area contributed by atoms with Crippen LogP contribution in [0, 0.1) is 5.92 Å². The summed E-state index contributed by atoms with van der Waals surface area (Å²) in [6.45, 7) is 5.95. The number of Topliss-reactive ketones (excluding diaryl/α,β-unsaturated/α-hetero) is 1. The van der Waals surface area contributed by atoms with Crippen molar-refractivity contribution >= 4 is 11.9 Å². The number of rotatable bonds is 2. The van der Waals surface area contributed by atoms with E-state index in [1.807, 2.05) is 20.8 Å². The molecule has 1 aliphatic rings. The van der Waals surface area contributed by atoms with Crippen molar-refractivity contribution in [3.05, 3.63) is 0 Å². The lowest BCUT2D eigenvalue weighted by Crippen LogP contribution is -2.45. The Morgan fingerprint density at radius 1 is 1.41 bits per heavy atom. The van der Waals surface area contributed by atoms with Gasteiger partial charge in [-0.25, -0.2) is 4.79 Å². The number of piperidine rings is 1. The van der Waals surface area contributed by atoms with E-state index in [1.54, 1.807) is 4.90 Å². The Labute approximate surface area is 102 Å². The molecule has 0 saturated carbocycles. The molecule has 98 valence electrons. The summed E-state index contributed by atoms with van der Waals surface area (Å²) in [4.78, 5) is 24.7. The van der Waals surface area contributed by atoms with Gasteiger partial charge in [0.05, 0.1) is 0 Å². The topological polar surface area (TPSA) is 66.8 Å². The molecule has 1 atom stereocenters. The Morgan fingerprint density at radius 3 is 2.59 bits per heavy atom. The highest BCUT2D eigenvalue weighted by atomic mass is 16.6. The van der Waals surface area contributed by atoms with E-state index in [4.69, 9.17) is 9.84 Å². The van der Waals surface area contributed by atoms with Crippen molar-refractivity contribution in [3.8, 4) is 0 Å². The molecule has 1 rings (SSSR count). The van der Waals surface area contributed by atoms with E-state index in [9.17, 15) is 9.59 Å². The first kappa shape index (κ1) is 14.0. The Kier molecular flexibility index (Phi) is 4.51. The number of likely N-dealkylation sites (tertiary alicyclic amines) is 1. The van der Waals surface area contributed by atoms with Gasteiger partial charge in [0.15, 0.2) is 5.78 Å². The summed E-state index contributed by atoms with van der Waals surface area (Å²) in [7, 11) is 0. The van der Waals surface area contributed by atoms with Crippen LogP contribution in [0.3, 0.4) is 0 Å². The van der Waals surface area contributed by atoms with Gasteiger partial charge in [0.25, 0.3) is 0 Å². The van der Waals surface area contributed by atoms with E-state index in [0.717, 1.165) is 12.8 Å². The van der Waals surface area contributed by atoms with Crippen LogP contribution >= 0.6 is 0 Å². The molecule has 0 spiro atoms. The van der Waals surface area contributed by atoms with E-state index in [2.05, 4.69) is 0 Å². The van der Waals surface area contributed by atoms with Crippen molar-refractivity contribution in [2.45, 2.75) is 39.2 Å². The molecule has 1 fully saturated rings. The van der Waals surface area contributed by atoms with Gasteiger partial charge in [0, 0.05) is 19.0 Å². The third-order valence-corrected chi connectivity index (χ3v) is 2.68. The summed E-state index contributed by atoms with van der Waals surface area (Å²) < 4.78 is 5.25. The van der Waals surface area contributed by atoms with E-state index in [-0.39, 0.29) is 17.8 Å². The molecule has 0 radical (unpaired) electrons. The first-order chi connectivity index (χ1) is 7.83. The minimum Gasteiger partial charge on any atom is -0.444 e. The molecule has 0 aliphatic carbocycles. The third-order valence-electron chi connectivity index (χ3n) is 2.68. The second-order valence-corrected chi connectivity index (χ2v) is 5.39. The number of hydrogen-bond donors (Lipinski definition) is 1. The van der Waals surface area contributed by atoms with E-state index in [0.29, 0.717) is 13.1 Å². The molecule has 5 nitrogen and oxygen atoms in total. The van der Waals surface area contributed by atoms with Crippen LogP contribution in [-0.2, 0) is 9.53 Å². The Balaban J connectivity index is 2.55. The minimum atomic E-state index is -0.523. The molecule has 1 N–H and O–H groups in total. The van der Waals surface area contributed by atoms with Crippen LogP contribution < -0.4 is 0 Å². The molecule has 1 amide bonds. The van der Waals surface area contributed by atoms with Crippen molar-refractivity contribution in [2.24, 2.45) is 5.92 Å². The first-order valence-corrected chi connectivity index (χ1v) is 5.95. The summed E-state index contributed by atoms with van der Waals surface area (Å²) in [6, 6.07) is 0. The molecule has 1 heterocycles. The monoisotopic (exact) mass is 243 g/mol.